The Balaban J connectivity index is 2.50. The summed E-state index contributed by atoms with van der Waals surface area (Å²) in [6.45, 7) is 0. The number of hydrogen-bond donors (Lipinski definition) is 0. The van der Waals surface area contributed by atoms with Gasteiger partial charge in [0.2, 0.25) is 10.0 Å². The van der Waals surface area contributed by atoms with Crippen LogP contribution in [0.2, 0.25) is 0 Å². The number of halogens is 1. The third kappa shape index (κ3) is 2.35. The third-order valence-corrected chi connectivity index (χ3v) is 4.64. The van der Waals surface area contributed by atoms with Gasteiger partial charge in [-0.2, -0.15) is 0 Å². The highest BCUT2D eigenvalue weighted by atomic mass is 35.5. The standard InChI is InChI=1S/C11H11ClN2O2S/c1-14(17(15,16)8-12)10-6-9-4-2-3-5-11(9)13-7-10/h2-7H,8H2,1H3. The van der Waals surface area contributed by atoms with E-state index in [4.69, 9.17) is 11.6 Å². The number of anilines is 1. The fraction of sp³-hybridized carbons (Fsp3) is 0.182. The lowest BCUT2D eigenvalue weighted by atomic mass is 10.2. The Hall–Kier alpha value is -1.33. The quantitative estimate of drug-likeness (QED) is 0.804. The van der Waals surface area contributed by atoms with Crippen molar-refractivity contribution in [3.05, 3.63) is 36.5 Å². The molecule has 0 aliphatic heterocycles. The Bertz CT molecular complexity index is 643. The molecule has 6 heteroatoms. The Kier molecular flexibility index (Phi) is 3.22. The molecular formula is C11H11ClN2O2S. The van der Waals surface area contributed by atoms with Crippen molar-refractivity contribution in [3.63, 3.8) is 0 Å². The zero-order chi connectivity index (χ0) is 12.5. The van der Waals surface area contributed by atoms with Crippen molar-refractivity contribution in [3.8, 4) is 0 Å². The van der Waals surface area contributed by atoms with Crippen LogP contribution in [-0.2, 0) is 10.0 Å². The minimum atomic E-state index is -3.46. The molecule has 2 aromatic rings. The molecule has 0 unspecified atom stereocenters. The first-order valence-corrected chi connectivity index (χ1v) is 7.06. The number of nitrogens with zero attached hydrogens (tertiary/aromatic N) is 2. The van der Waals surface area contributed by atoms with E-state index in [0.29, 0.717) is 5.69 Å². The molecule has 0 aliphatic rings. The molecule has 0 spiro atoms. The zero-order valence-corrected chi connectivity index (χ0v) is 10.7. The highest BCUT2D eigenvalue weighted by Gasteiger charge is 2.17. The molecule has 0 N–H and O–H groups in total. The predicted octanol–water partition coefficient (Wildman–Crippen LogP) is 2.20. The Labute approximate surface area is 105 Å². The molecule has 0 aliphatic carbocycles. The van der Waals surface area contributed by atoms with Crippen LogP contribution in [-0.4, -0.2) is 25.7 Å². The molecule has 1 aromatic carbocycles. The molecule has 0 bridgehead atoms. The number of rotatable bonds is 3. The smallest absolute Gasteiger partial charge is 0.249 e. The van der Waals surface area contributed by atoms with Gasteiger partial charge in [-0.3, -0.25) is 9.29 Å². The van der Waals surface area contributed by atoms with E-state index in [-0.39, 0.29) is 0 Å². The van der Waals surface area contributed by atoms with Crippen LogP contribution in [0.5, 0.6) is 0 Å². The third-order valence-electron chi connectivity index (χ3n) is 2.49. The maximum Gasteiger partial charge on any atom is 0.249 e. The van der Waals surface area contributed by atoms with Crippen molar-refractivity contribution in [1.82, 2.24) is 4.98 Å². The lowest BCUT2D eigenvalue weighted by molar-refractivity contribution is 0.599. The van der Waals surface area contributed by atoms with Crippen molar-refractivity contribution in [1.29, 1.82) is 0 Å². The second-order valence-corrected chi connectivity index (χ2v) is 6.16. The molecule has 0 radical (unpaired) electrons. The van der Waals surface area contributed by atoms with Crippen molar-refractivity contribution in [2.45, 2.75) is 0 Å². The molecule has 17 heavy (non-hydrogen) atoms. The summed E-state index contributed by atoms with van der Waals surface area (Å²) in [4.78, 5) is 4.20. The molecule has 0 amide bonds. The molecule has 0 atom stereocenters. The number of pyridine rings is 1. The number of alkyl halides is 1. The van der Waals surface area contributed by atoms with E-state index in [0.717, 1.165) is 15.2 Å². The van der Waals surface area contributed by atoms with E-state index in [1.165, 1.54) is 13.2 Å². The van der Waals surface area contributed by atoms with Gasteiger partial charge in [-0.05, 0) is 12.1 Å². The molecule has 90 valence electrons. The van der Waals surface area contributed by atoms with Crippen molar-refractivity contribution >= 4 is 38.2 Å². The van der Waals surface area contributed by atoms with Gasteiger partial charge in [0.25, 0.3) is 0 Å². The summed E-state index contributed by atoms with van der Waals surface area (Å²) >= 11 is 5.41. The normalized spacial score (nSPS) is 11.6. The summed E-state index contributed by atoms with van der Waals surface area (Å²) in [7, 11) is -2.00. The van der Waals surface area contributed by atoms with Crippen LogP contribution < -0.4 is 4.31 Å². The summed E-state index contributed by atoms with van der Waals surface area (Å²) < 4.78 is 24.3. The van der Waals surface area contributed by atoms with Crippen molar-refractivity contribution < 1.29 is 8.42 Å². The van der Waals surface area contributed by atoms with Gasteiger partial charge < -0.3 is 0 Å². The monoisotopic (exact) mass is 270 g/mol. The zero-order valence-electron chi connectivity index (χ0n) is 9.17. The molecule has 1 heterocycles. The first kappa shape index (κ1) is 12.1. The molecule has 0 saturated carbocycles. The highest BCUT2D eigenvalue weighted by Crippen LogP contribution is 2.21. The summed E-state index contributed by atoms with van der Waals surface area (Å²) in [5.74, 6) is 0. The van der Waals surface area contributed by atoms with E-state index < -0.39 is 15.2 Å². The largest absolute Gasteiger partial charge is 0.271 e. The molecule has 0 fully saturated rings. The molecule has 2 rings (SSSR count). The second kappa shape index (κ2) is 4.50. The average molecular weight is 271 g/mol. The van der Waals surface area contributed by atoms with Gasteiger partial charge in [0, 0.05) is 12.4 Å². The van der Waals surface area contributed by atoms with Gasteiger partial charge in [0.05, 0.1) is 17.4 Å². The molecule has 0 saturated heterocycles. The van der Waals surface area contributed by atoms with Crippen LogP contribution in [0.15, 0.2) is 36.5 Å². The number of benzene rings is 1. The Morgan fingerprint density at radius 1 is 1.35 bits per heavy atom. The minimum Gasteiger partial charge on any atom is -0.271 e. The number of fused-ring (bicyclic) bond motifs is 1. The number of hydrogen-bond acceptors (Lipinski definition) is 3. The van der Waals surface area contributed by atoms with Gasteiger partial charge in [-0.15, -0.1) is 11.6 Å². The predicted molar refractivity (Wildman–Crippen MR) is 69.8 cm³/mol. The van der Waals surface area contributed by atoms with E-state index in [1.54, 1.807) is 6.07 Å². The van der Waals surface area contributed by atoms with Gasteiger partial charge in [-0.1, -0.05) is 18.2 Å². The van der Waals surface area contributed by atoms with E-state index in [9.17, 15) is 8.42 Å². The molecule has 1 aromatic heterocycles. The van der Waals surface area contributed by atoms with Crippen LogP contribution in [0, 0.1) is 0 Å². The van der Waals surface area contributed by atoms with Crippen LogP contribution in [0.25, 0.3) is 10.9 Å². The van der Waals surface area contributed by atoms with Crippen LogP contribution in [0.4, 0.5) is 5.69 Å². The van der Waals surface area contributed by atoms with E-state index in [2.05, 4.69) is 4.98 Å². The number of sulfonamides is 1. The van der Waals surface area contributed by atoms with Crippen molar-refractivity contribution in [2.24, 2.45) is 0 Å². The fourth-order valence-electron chi connectivity index (χ4n) is 1.47. The Morgan fingerprint density at radius 3 is 2.76 bits per heavy atom. The molecule has 4 nitrogen and oxygen atoms in total. The minimum absolute atomic E-state index is 0.448. The summed E-state index contributed by atoms with van der Waals surface area (Å²) in [6, 6.07) is 9.28. The number of aromatic nitrogens is 1. The lowest BCUT2D eigenvalue weighted by Gasteiger charge is -2.17. The maximum atomic E-state index is 11.6. The van der Waals surface area contributed by atoms with E-state index >= 15 is 0 Å². The van der Waals surface area contributed by atoms with Gasteiger partial charge in [0.15, 0.2) is 0 Å². The number of para-hydroxylation sites is 1. The summed E-state index contributed by atoms with van der Waals surface area (Å²) in [5, 5.41) is 0.442. The summed E-state index contributed by atoms with van der Waals surface area (Å²) in [6.07, 6.45) is 1.52. The van der Waals surface area contributed by atoms with Crippen LogP contribution in [0.3, 0.4) is 0 Å². The molecular weight excluding hydrogens is 260 g/mol. The lowest BCUT2D eigenvalue weighted by Crippen LogP contribution is -2.27. The Morgan fingerprint density at radius 2 is 2.06 bits per heavy atom. The first-order chi connectivity index (χ1) is 8.04. The SMILES string of the molecule is CN(c1cnc2ccccc2c1)S(=O)(=O)CCl. The summed E-state index contributed by atoms with van der Waals surface area (Å²) in [5.41, 5.74) is 1.33. The van der Waals surface area contributed by atoms with Crippen LogP contribution in [0.1, 0.15) is 0 Å². The average Bonchev–Trinajstić information content (AvgIpc) is 2.37. The van der Waals surface area contributed by atoms with Gasteiger partial charge in [-0.25, -0.2) is 8.42 Å². The second-order valence-electron chi connectivity index (χ2n) is 3.57. The van der Waals surface area contributed by atoms with Gasteiger partial charge >= 0.3 is 0 Å². The first-order valence-electron chi connectivity index (χ1n) is 4.92. The topological polar surface area (TPSA) is 50.3 Å². The van der Waals surface area contributed by atoms with Crippen molar-refractivity contribution in [2.75, 3.05) is 16.6 Å². The van der Waals surface area contributed by atoms with Crippen LogP contribution >= 0.6 is 11.6 Å². The highest BCUT2D eigenvalue weighted by molar-refractivity contribution is 7.93. The van der Waals surface area contributed by atoms with E-state index in [1.807, 2.05) is 24.3 Å². The van der Waals surface area contributed by atoms with Gasteiger partial charge in [0.1, 0.15) is 5.21 Å². The maximum absolute atomic E-state index is 11.6. The fourth-order valence-corrected chi connectivity index (χ4v) is 2.47.